The number of rotatable bonds is 7. The van der Waals surface area contributed by atoms with Crippen molar-refractivity contribution >= 4 is 43.7 Å². The van der Waals surface area contributed by atoms with Gasteiger partial charge in [-0.2, -0.15) is 0 Å². The Bertz CT molecular complexity index is 3630. The van der Waals surface area contributed by atoms with Crippen molar-refractivity contribution in [3.63, 3.8) is 0 Å². The highest BCUT2D eigenvalue weighted by Crippen LogP contribution is 2.40. The Hall–Kier alpha value is -8.41. The Morgan fingerprint density at radius 3 is 1.56 bits per heavy atom. The van der Waals surface area contributed by atoms with Crippen LogP contribution in [0.1, 0.15) is 0 Å². The van der Waals surface area contributed by atoms with Crippen LogP contribution in [0.2, 0.25) is 0 Å². The first-order valence-electron chi connectivity index (χ1n) is 20.8. The van der Waals surface area contributed by atoms with Crippen molar-refractivity contribution in [1.82, 2.24) is 19.5 Å². The standard InChI is InChI=1S/C57H36N4O/c1-4-15-37(16-5-1)40-21-12-23-42(33-40)43-29-31-51-48(35-43)46-25-10-11-27-50(46)61(51)45-30-32-52-49(36-45)54-47(26-14-28-53(54)62-52)57-59-55(39-19-8-3-9-20-39)58-56(60-57)44-24-13-22-41(34-44)38-17-6-2-7-18-38/h1-36H. The molecule has 0 saturated heterocycles. The molecule has 0 aliphatic rings. The zero-order valence-corrected chi connectivity index (χ0v) is 33.5. The maximum Gasteiger partial charge on any atom is 0.164 e. The molecular weight excluding hydrogens is 757 g/mol. The average Bonchev–Trinajstić information content (AvgIpc) is 3.90. The third-order valence-electron chi connectivity index (χ3n) is 11.8. The minimum atomic E-state index is 0.582. The third-order valence-corrected chi connectivity index (χ3v) is 11.8. The van der Waals surface area contributed by atoms with Crippen LogP contribution in [0.3, 0.4) is 0 Å². The second-order valence-corrected chi connectivity index (χ2v) is 15.6. The van der Waals surface area contributed by atoms with E-state index in [1.807, 2.05) is 48.5 Å². The van der Waals surface area contributed by atoms with E-state index in [2.05, 4.69) is 174 Å². The Morgan fingerprint density at radius 2 is 0.839 bits per heavy atom. The third kappa shape index (κ3) is 6.14. The second-order valence-electron chi connectivity index (χ2n) is 15.6. The van der Waals surface area contributed by atoms with Crippen LogP contribution in [0, 0.1) is 0 Å². The van der Waals surface area contributed by atoms with Crippen molar-refractivity contribution in [3.8, 4) is 73.2 Å². The summed E-state index contributed by atoms with van der Waals surface area (Å²) in [6.07, 6.45) is 0. The molecule has 5 nitrogen and oxygen atoms in total. The summed E-state index contributed by atoms with van der Waals surface area (Å²) in [6, 6.07) is 76.4. The van der Waals surface area contributed by atoms with Crippen molar-refractivity contribution in [1.29, 1.82) is 0 Å². The smallest absolute Gasteiger partial charge is 0.164 e. The van der Waals surface area contributed by atoms with Crippen molar-refractivity contribution < 1.29 is 4.42 Å². The van der Waals surface area contributed by atoms with E-state index < -0.39 is 0 Å². The molecule has 12 rings (SSSR count). The fourth-order valence-electron chi connectivity index (χ4n) is 8.89. The molecule has 0 fully saturated rings. The predicted octanol–water partition coefficient (Wildman–Crippen LogP) is 14.9. The number of aromatic nitrogens is 4. The Labute approximate surface area is 357 Å². The minimum absolute atomic E-state index is 0.582. The number of benzene rings is 9. The molecule has 0 aliphatic heterocycles. The highest BCUT2D eigenvalue weighted by molar-refractivity contribution is 6.14. The molecule has 0 spiro atoms. The quantitative estimate of drug-likeness (QED) is 0.161. The number of fused-ring (bicyclic) bond motifs is 6. The lowest BCUT2D eigenvalue weighted by atomic mass is 9.98. The van der Waals surface area contributed by atoms with Crippen molar-refractivity contribution in [3.05, 3.63) is 218 Å². The van der Waals surface area contributed by atoms with Gasteiger partial charge in [-0.3, -0.25) is 0 Å². The number of para-hydroxylation sites is 1. The number of hydrogen-bond acceptors (Lipinski definition) is 4. The van der Waals surface area contributed by atoms with Crippen LogP contribution in [0.15, 0.2) is 223 Å². The van der Waals surface area contributed by atoms with E-state index in [1.54, 1.807) is 0 Å². The summed E-state index contributed by atoms with van der Waals surface area (Å²) in [5, 5.41) is 4.34. The van der Waals surface area contributed by atoms with Crippen molar-refractivity contribution in [2.24, 2.45) is 0 Å². The molecule has 9 aromatic carbocycles. The molecule has 0 aliphatic carbocycles. The number of nitrogens with zero attached hydrogens (tertiary/aromatic N) is 4. The lowest BCUT2D eigenvalue weighted by molar-refractivity contribution is 0.669. The van der Waals surface area contributed by atoms with E-state index in [4.69, 9.17) is 19.4 Å². The van der Waals surface area contributed by atoms with Crippen LogP contribution in [0.5, 0.6) is 0 Å². The van der Waals surface area contributed by atoms with Crippen LogP contribution in [-0.2, 0) is 0 Å². The van der Waals surface area contributed by atoms with Crippen molar-refractivity contribution in [2.75, 3.05) is 0 Å². The van der Waals surface area contributed by atoms with E-state index in [0.29, 0.717) is 17.5 Å². The van der Waals surface area contributed by atoms with Crippen LogP contribution < -0.4 is 0 Å². The first-order valence-corrected chi connectivity index (χ1v) is 20.8. The SMILES string of the molecule is c1ccc(-c2cccc(-c3ccc4c(c3)c3ccccc3n4-c3ccc4oc5cccc(-c6nc(-c7ccccc7)nc(-c7cccc(-c8ccccc8)c7)n6)c5c4c3)c2)cc1. The number of furan rings is 1. The molecule has 5 heteroatoms. The zero-order chi connectivity index (χ0) is 41.0. The monoisotopic (exact) mass is 792 g/mol. The van der Waals surface area contributed by atoms with Crippen LogP contribution >= 0.6 is 0 Å². The predicted molar refractivity (Wildman–Crippen MR) is 254 cm³/mol. The number of hydrogen-bond donors (Lipinski definition) is 0. The Morgan fingerprint density at radius 1 is 0.306 bits per heavy atom. The van der Waals surface area contributed by atoms with Gasteiger partial charge < -0.3 is 8.98 Å². The molecule has 0 radical (unpaired) electrons. The van der Waals surface area contributed by atoms with Gasteiger partial charge in [-0.15, -0.1) is 0 Å². The topological polar surface area (TPSA) is 56.7 Å². The van der Waals surface area contributed by atoms with E-state index in [9.17, 15) is 0 Å². The van der Waals surface area contributed by atoms with Gasteiger partial charge in [0.1, 0.15) is 11.2 Å². The Balaban J connectivity index is 1.02. The van der Waals surface area contributed by atoms with Gasteiger partial charge in [0.25, 0.3) is 0 Å². The van der Waals surface area contributed by atoms with Crippen LogP contribution in [-0.4, -0.2) is 19.5 Å². The van der Waals surface area contributed by atoms with E-state index in [0.717, 1.165) is 66.5 Å². The maximum absolute atomic E-state index is 6.58. The van der Waals surface area contributed by atoms with Crippen molar-refractivity contribution in [2.45, 2.75) is 0 Å². The van der Waals surface area contributed by atoms with Gasteiger partial charge >= 0.3 is 0 Å². The largest absolute Gasteiger partial charge is 0.456 e. The lowest BCUT2D eigenvalue weighted by Crippen LogP contribution is -2.00. The van der Waals surface area contributed by atoms with E-state index in [1.165, 1.54) is 33.0 Å². The minimum Gasteiger partial charge on any atom is -0.456 e. The molecule has 0 saturated carbocycles. The van der Waals surface area contributed by atoms with Gasteiger partial charge in [-0.05, 0) is 88.0 Å². The summed E-state index contributed by atoms with van der Waals surface area (Å²) in [7, 11) is 0. The fraction of sp³-hybridized carbons (Fsp3) is 0. The first-order chi connectivity index (χ1) is 30.7. The fourth-order valence-corrected chi connectivity index (χ4v) is 8.89. The highest BCUT2D eigenvalue weighted by atomic mass is 16.3. The van der Waals surface area contributed by atoms with Gasteiger partial charge in [0.2, 0.25) is 0 Å². The molecule has 290 valence electrons. The normalized spacial score (nSPS) is 11.5. The average molecular weight is 793 g/mol. The zero-order valence-electron chi connectivity index (χ0n) is 33.5. The summed E-state index contributed by atoms with van der Waals surface area (Å²) in [6.45, 7) is 0. The van der Waals surface area contributed by atoms with Gasteiger partial charge in [0, 0.05) is 43.9 Å². The summed E-state index contributed by atoms with van der Waals surface area (Å²) < 4.78 is 8.95. The molecule has 0 amide bonds. The molecule has 62 heavy (non-hydrogen) atoms. The van der Waals surface area contributed by atoms with E-state index in [-0.39, 0.29) is 0 Å². The van der Waals surface area contributed by atoms with Gasteiger partial charge in [-0.25, -0.2) is 15.0 Å². The molecule has 0 atom stereocenters. The molecule has 3 heterocycles. The maximum atomic E-state index is 6.58. The molecule has 12 aromatic rings. The molecule has 0 unspecified atom stereocenters. The second kappa shape index (κ2) is 14.7. The van der Waals surface area contributed by atoms with E-state index >= 15 is 0 Å². The summed E-state index contributed by atoms with van der Waals surface area (Å²) in [5.41, 5.74) is 14.6. The van der Waals surface area contributed by atoms with Gasteiger partial charge in [-0.1, -0.05) is 164 Å². The summed E-state index contributed by atoms with van der Waals surface area (Å²) >= 11 is 0. The lowest BCUT2D eigenvalue weighted by Gasteiger charge is -2.11. The van der Waals surface area contributed by atoms with Crippen LogP contribution in [0.4, 0.5) is 0 Å². The van der Waals surface area contributed by atoms with Crippen LogP contribution in [0.25, 0.3) is 117 Å². The first kappa shape index (κ1) is 35.5. The molecule has 0 bridgehead atoms. The summed E-state index contributed by atoms with van der Waals surface area (Å²) in [4.78, 5) is 15.4. The van der Waals surface area contributed by atoms with Gasteiger partial charge in [0.15, 0.2) is 17.5 Å². The molecule has 0 N–H and O–H groups in total. The Kier molecular flexibility index (Phi) is 8.42. The highest BCUT2D eigenvalue weighted by Gasteiger charge is 2.20. The molecule has 3 aromatic heterocycles. The molecular formula is C57H36N4O. The summed E-state index contributed by atoms with van der Waals surface area (Å²) in [5.74, 6) is 1.80. The van der Waals surface area contributed by atoms with Gasteiger partial charge in [0.05, 0.1) is 11.0 Å².